The Labute approximate surface area is 152 Å². The molecule has 0 aliphatic heterocycles. The summed E-state index contributed by atoms with van der Waals surface area (Å²) in [6.45, 7) is 2.32. The number of nitrogens with one attached hydrogen (secondary N) is 1. The maximum absolute atomic E-state index is 11.9. The fourth-order valence-electron chi connectivity index (χ4n) is 3.47. The Morgan fingerprint density at radius 3 is 2.62 bits per heavy atom. The number of carbonyl (C=O) groups is 1. The number of carbonyl (C=O) groups excluding carboxylic acids is 1. The summed E-state index contributed by atoms with van der Waals surface area (Å²) in [6.07, 6.45) is 5.05. The molecule has 0 spiro atoms. The van der Waals surface area contributed by atoms with Crippen LogP contribution in [-0.4, -0.2) is 46.4 Å². The zero-order valence-electron chi connectivity index (χ0n) is 15.3. The van der Waals surface area contributed by atoms with Crippen LogP contribution in [0.4, 0.5) is 0 Å². The van der Waals surface area contributed by atoms with Crippen LogP contribution >= 0.6 is 0 Å². The first-order valence-corrected chi connectivity index (χ1v) is 9.02. The van der Waals surface area contributed by atoms with Gasteiger partial charge in [-0.3, -0.25) is 10.1 Å². The first-order chi connectivity index (χ1) is 12.7. The minimum Gasteiger partial charge on any atom is -0.497 e. The predicted octanol–water partition coefficient (Wildman–Crippen LogP) is 1.98. The van der Waals surface area contributed by atoms with Crippen molar-refractivity contribution in [3.8, 4) is 11.4 Å². The Morgan fingerprint density at radius 1 is 1.23 bits per heavy atom. The van der Waals surface area contributed by atoms with Crippen LogP contribution in [0.15, 0.2) is 24.3 Å². The molecule has 0 radical (unpaired) electrons. The van der Waals surface area contributed by atoms with Crippen LogP contribution in [-0.2, 0) is 15.1 Å². The molecule has 1 N–H and O–H groups in total. The SMILES string of the molecule is CCOC(=O)CNC1(c2nnnn2-c2ccc(OC)cc2)CCCCC1. The third kappa shape index (κ3) is 3.85. The van der Waals surface area contributed by atoms with Gasteiger partial charge < -0.3 is 9.47 Å². The summed E-state index contributed by atoms with van der Waals surface area (Å²) in [6, 6.07) is 7.59. The zero-order valence-corrected chi connectivity index (χ0v) is 15.3. The molecular weight excluding hydrogens is 334 g/mol. The quantitative estimate of drug-likeness (QED) is 0.756. The van der Waals surface area contributed by atoms with Crippen molar-refractivity contribution < 1.29 is 14.3 Å². The molecule has 0 unspecified atom stereocenters. The van der Waals surface area contributed by atoms with E-state index in [1.807, 2.05) is 24.3 Å². The first kappa shape index (κ1) is 18.3. The second-order valence-corrected chi connectivity index (χ2v) is 6.41. The fourth-order valence-corrected chi connectivity index (χ4v) is 3.47. The summed E-state index contributed by atoms with van der Waals surface area (Å²) in [5, 5.41) is 15.8. The van der Waals surface area contributed by atoms with Crippen molar-refractivity contribution in [2.45, 2.75) is 44.6 Å². The number of ether oxygens (including phenoxy) is 2. The third-order valence-electron chi connectivity index (χ3n) is 4.80. The summed E-state index contributed by atoms with van der Waals surface area (Å²) in [5.74, 6) is 1.24. The van der Waals surface area contributed by atoms with Crippen molar-refractivity contribution in [3.05, 3.63) is 30.1 Å². The van der Waals surface area contributed by atoms with Crippen LogP contribution in [0.2, 0.25) is 0 Å². The average molecular weight is 359 g/mol. The maximum atomic E-state index is 11.9. The van der Waals surface area contributed by atoms with Crippen molar-refractivity contribution in [3.63, 3.8) is 0 Å². The lowest BCUT2D eigenvalue weighted by molar-refractivity contribution is -0.142. The molecule has 140 valence electrons. The number of nitrogens with zero attached hydrogens (tertiary/aromatic N) is 4. The second kappa shape index (κ2) is 8.27. The van der Waals surface area contributed by atoms with Gasteiger partial charge in [-0.2, -0.15) is 4.68 Å². The van der Waals surface area contributed by atoms with Gasteiger partial charge in [-0.25, -0.2) is 0 Å². The lowest BCUT2D eigenvalue weighted by Crippen LogP contribution is -2.48. The molecule has 8 nitrogen and oxygen atoms in total. The molecule has 1 aromatic heterocycles. The van der Waals surface area contributed by atoms with E-state index in [9.17, 15) is 4.79 Å². The van der Waals surface area contributed by atoms with E-state index in [4.69, 9.17) is 9.47 Å². The van der Waals surface area contributed by atoms with Gasteiger partial charge in [-0.15, -0.1) is 5.10 Å². The maximum Gasteiger partial charge on any atom is 0.319 e. The van der Waals surface area contributed by atoms with E-state index in [-0.39, 0.29) is 12.5 Å². The Morgan fingerprint density at radius 2 is 1.96 bits per heavy atom. The number of hydrogen-bond donors (Lipinski definition) is 1. The lowest BCUT2D eigenvalue weighted by atomic mass is 9.80. The van der Waals surface area contributed by atoms with Crippen molar-refractivity contribution in [2.75, 3.05) is 20.3 Å². The number of esters is 1. The Bertz CT molecular complexity index is 723. The standard InChI is InChI=1S/C18H25N5O3/c1-3-26-16(24)13-19-18(11-5-4-6-12-18)17-20-21-22-23(17)14-7-9-15(25-2)10-8-14/h7-10,19H,3-6,11-13H2,1-2H3. The van der Waals surface area contributed by atoms with Crippen LogP contribution in [0.25, 0.3) is 5.69 Å². The summed E-state index contributed by atoms with van der Waals surface area (Å²) < 4.78 is 12.0. The molecule has 1 aromatic carbocycles. The molecule has 1 aliphatic rings. The smallest absolute Gasteiger partial charge is 0.319 e. The van der Waals surface area contributed by atoms with Crippen LogP contribution in [0.1, 0.15) is 44.9 Å². The van der Waals surface area contributed by atoms with Gasteiger partial charge in [0.2, 0.25) is 0 Å². The zero-order chi connectivity index (χ0) is 18.4. The van der Waals surface area contributed by atoms with Gasteiger partial charge in [0.25, 0.3) is 0 Å². The molecule has 1 heterocycles. The highest BCUT2D eigenvalue weighted by Gasteiger charge is 2.39. The summed E-state index contributed by atoms with van der Waals surface area (Å²) in [4.78, 5) is 11.9. The van der Waals surface area contributed by atoms with E-state index in [0.29, 0.717) is 6.61 Å². The van der Waals surface area contributed by atoms with Gasteiger partial charge in [0, 0.05) is 0 Å². The molecule has 0 saturated heterocycles. The normalized spacial score (nSPS) is 16.2. The predicted molar refractivity (Wildman–Crippen MR) is 95.1 cm³/mol. The van der Waals surface area contributed by atoms with Gasteiger partial charge in [-0.05, 0) is 54.5 Å². The minimum absolute atomic E-state index is 0.142. The van der Waals surface area contributed by atoms with Crippen molar-refractivity contribution in [1.29, 1.82) is 0 Å². The number of aromatic nitrogens is 4. The van der Waals surface area contributed by atoms with Gasteiger partial charge in [-0.1, -0.05) is 19.3 Å². The average Bonchev–Trinajstić information content (AvgIpc) is 3.18. The summed E-state index contributed by atoms with van der Waals surface area (Å²) in [5.41, 5.74) is 0.419. The lowest BCUT2D eigenvalue weighted by Gasteiger charge is -2.36. The molecule has 0 amide bonds. The highest BCUT2D eigenvalue weighted by Crippen LogP contribution is 2.36. The number of rotatable bonds is 7. The highest BCUT2D eigenvalue weighted by atomic mass is 16.5. The molecule has 0 bridgehead atoms. The molecule has 0 atom stereocenters. The first-order valence-electron chi connectivity index (χ1n) is 9.02. The molecule has 1 fully saturated rings. The van der Waals surface area contributed by atoms with Crippen molar-refractivity contribution >= 4 is 5.97 Å². The van der Waals surface area contributed by atoms with E-state index in [2.05, 4.69) is 20.8 Å². The summed E-state index contributed by atoms with van der Waals surface area (Å²) in [7, 11) is 1.63. The molecule has 3 rings (SSSR count). The van der Waals surface area contributed by atoms with E-state index in [1.165, 1.54) is 6.42 Å². The molecule has 8 heteroatoms. The Kier molecular flexibility index (Phi) is 5.82. The molecular formula is C18H25N5O3. The topological polar surface area (TPSA) is 91.2 Å². The van der Waals surface area contributed by atoms with Crippen molar-refractivity contribution in [2.24, 2.45) is 0 Å². The largest absolute Gasteiger partial charge is 0.497 e. The van der Waals surface area contributed by atoms with Crippen LogP contribution in [0.3, 0.4) is 0 Å². The van der Waals surface area contributed by atoms with Crippen LogP contribution in [0.5, 0.6) is 5.75 Å². The van der Waals surface area contributed by atoms with E-state index in [0.717, 1.165) is 42.9 Å². The molecule has 1 aliphatic carbocycles. The van der Waals surface area contributed by atoms with Crippen LogP contribution in [0, 0.1) is 0 Å². The fraction of sp³-hybridized carbons (Fsp3) is 0.556. The van der Waals surface area contributed by atoms with Gasteiger partial charge in [0.15, 0.2) is 5.82 Å². The third-order valence-corrected chi connectivity index (χ3v) is 4.80. The summed E-state index contributed by atoms with van der Waals surface area (Å²) >= 11 is 0. The molecule has 2 aromatic rings. The minimum atomic E-state index is -0.436. The van der Waals surface area contributed by atoms with Gasteiger partial charge >= 0.3 is 5.97 Å². The van der Waals surface area contributed by atoms with E-state index < -0.39 is 5.54 Å². The monoisotopic (exact) mass is 359 g/mol. The molecule has 26 heavy (non-hydrogen) atoms. The number of benzene rings is 1. The van der Waals surface area contributed by atoms with Crippen molar-refractivity contribution in [1.82, 2.24) is 25.5 Å². The van der Waals surface area contributed by atoms with E-state index in [1.54, 1.807) is 18.7 Å². The Hall–Kier alpha value is -2.48. The number of hydrogen-bond acceptors (Lipinski definition) is 7. The number of tetrazole rings is 1. The number of methoxy groups -OCH3 is 1. The van der Waals surface area contributed by atoms with Gasteiger partial charge in [0.05, 0.1) is 31.5 Å². The Balaban J connectivity index is 1.89. The highest BCUT2D eigenvalue weighted by molar-refractivity contribution is 5.71. The second-order valence-electron chi connectivity index (χ2n) is 6.41. The van der Waals surface area contributed by atoms with E-state index >= 15 is 0 Å². The van der Waals surface area contributed by atoms with Crippen LogP contribution < -0.4 is 10.1 Å². The molecule has 1 saturated carbocycles. The van der Waals surface area contributed by atoms with Gasteiger partial charge in [0.1, 0.15) is 5.75 Å².